The summed E-state index contributed by atoms with van der Waals surface area (Å²) in [6, 6.07) is 0. The van der Waals surface area contributed by atoms with Crippen molar-refractivity contribution in [3.63, 3.8) is 0 Å². The van der Waals surface area contributed by atoms with Crippen molar-refractivity contribution < 1.29 is 4.92 Å². The second-order valence-electron chi connectivity index (χ2n) is 3.80. The van der Waals surface area contributed by atoms with E-state index in [0.717, 1.165) is 12.8 Å². The Morgan fingerprint density at radius 2 is 2.24 bits per heavy atom. The monoisotopic (exact) mass is 241 g/mol. The van der Waals surface area contributed by atoms with Gasteiger partial charge in [0, 0.05) is 13.6 Å². The largest absolute Gasteiger partial charge is 0.365 e. The third kappa shape index (κ3) is 3.16. The summed E-state index contributed by atoms with van der Waals surface area (Å²) >= 11 is 0. The molecular weight excluding hydrogens is 222 g/mol. The summed E-state index contributed by atoms with van der Waals surface area (Å²) in [6.45, 7) is 3.16. The number of rotatable bonds is 7. The molecule has 0 unspecified atom stereocenters. The fraction of sp³-hybridized carbons (Fsp3) is 0.700. The van der Waals surface area contributed by atoms with Crippen LogP contribution in [0.3, 0.4) is 0 Å². The lowest BCUT2D eigenvalue weighted by Crippen LogP contribution is -2.09. The molecule has 0 aliphatic rings. The maximum absolute atomic E-state index is 11.0. The fourth-order valence-electron chi connectivity index (χ4n) is 1.67. The zero-order valence-electron chi connectivity index (χ0n) is 10.3. The highest BCUT2D eigenvalue weighted by atomic mass is 16.6. The smallest absolute Gasteiger partial charge is 0.333 e. The minimum absolute atomic E-state index is 0.0859. The summed E-state index contributed by atoms with van der Waals surface area (Å²) in [7, 11) is 1.71. The zero-order valence-corrected chi connectivity index (χ0v) is 10.3. The molecule has 0 aliphatic heterocycles. The van der Waals surface area contributed by atoms with Crippen molar-refractivity contribution in [3.8, 4) is 0 Å². The molecule has 1 heterocycles. The van der Waals surface area contributed by atoms with E-state index in [1.165, 1.54) is 4.68 Å². The Morgan fingerprint density at radius 3 is 2.76 bits per heavy atom. The number of nitrogens with one attached hydrogen (secondary N) is 1. The van der Waals surface area contributed by atoms with Crippen molar-refractivity contribution in [1.82, 2.24) is 9.78 Å². The van der Waals surface area contributed by atoms with Gasteiger partial charge in [0.05, 0.1) is 4.92 Å². The van der Waals surface area contributed by atoms with E-state index in [1.807, 2.05) is 6.92 Å². The maximum atomic E-state index is 11.0. The molecule has 3 N–H and O–H groups in total. The number of hydrogen-bond donors (Lipinski definition) is 2. The summed E-state index contributed by atoms with van der Waals surface area (Å²) < 4.78 is 1.53. The van der Waals surface area contributed by atoms with Crippen LogP contribution in [-0.4, -0.2) is 27.8 Å². The van der Waals surface area contributed by atoms with E-state index in [-0.39, 0.29) is 10.6 Å². The summed E-state index contributed by atoms with van der Waals surface area (Å²) in [5, 5.41) is 18.2. The molecule has 0 bridgehead atoms. The van der Waals surface area contributed by atoms with Crippen LogP contribution in [0.1, 0.15) is 25.5 Å². The minimum atomic E-state index is -0.378. The Bertz CT molecular complexity index is 388. The van der Waals surface area contributed by atoms with Crippen LogP contribution in [0.2, 0.25) is 0 Å². The van der Waals surface area contributed by atoms with E-state index < -0.39 is 0 Å². The average Bonchev–Trinajstić information content (AvgIpc) is 2.61. The Kier molecular flexibility index (Phi) is 4.89. The van der Waals surface area contributed by atoms with Gasteiger partial charge >= 0.3 is 5.69 Å². The Labute approximate surface area is 100 Å². The van der Waals surface area contributed by atoms with E-state index in [4.69, 9.17) is 5.73 Å². The number of aryl methyl sites for hydroxylation is 2. The lowest BCUT2D eigenvalue weighted by Gasteiger charge is -2.05. The molecule has 96 valence electrons. The molecule has 1 aromatic heterocycles. The number of aromatic nitrogens is 2. The molecule has 0 amide bonds. The van der Waals surface area contributed by atoms with Crippen LogP contribution in [0.15, 0.2) is 0 Å². The number of nitro groups is 1. The van der Waals surface area contributed by atoms with E-state index in [0.29, 0.717) is 31.0 Å². The van der Waals surface area contributed by atoms with Gasteiger partial charge in [0.1, 0.15) is 5.69 Å². The van der Waals surface area contributed by atoms with Crippen molar-refractivity contribution >= 4 is 11.5 Å². The predicted octanol–water partition coefficient (Wildman–Crippen LogP) is 1.04. The molecule has 0 saturated carbocycles. The molecule has 0 aromatic carbocycles. The van der Waals surface area contributed by atoms with Crippen molar-refractivity contribution in [2.45, 2.75) is 26.2 Å². The normalized spacial score (nSPS) is 10.5. The summed E-state index contributed by atoms with van der Waals surface area (Å²) in [5.41, 5.74) is 5.99. The van der Waals surface area contributed by atoms with Gasteiger partial charge in [0.2, 0.25) is 5.82 Å². The van der Waals surface area contributed by atoms with Gasteiger partial charge in [-0.05, 0) is 25.8 Å². The first-order valence-corrected chi connectivity index (χ1v) is 5.76. The first-order valence-electron chi connectivity index (χ1n) is 5.76. The Morgan fingerprint density at radius 1 is 1.53 bits per heavy atom. The Hall–Kier alpha value is -1.63. The van der Waals surface area contributed by atoms with Crippen LogP contribution < -0.4 is 11.1 Å². The van der Waals surface area contributed by atoms with Crippen molar-refractivity contribution in [2.24, 2.45) is 12.8 Å². The first kappa shape index (κ1) is 13.4. The van der Waals surface area contributed by atoms with Gasteiger partial charge in [-0.3, -0.25) is 10.1 Å². The van der Waals surface area contributed by atoms with E-state index >= 15 is 0 Å². The molecule has 0 aliphatic carbocycles. The highest BCUT2D eigenvalue weighted by Gasteiger charge is 2.24. The minimum Gasteiger partial charge on any atom is -0.365 e. The molecule has 0 saturated heterocycles. The standard InChI is InChI=1S/C10H19N5O2/c1-3-8-9(15(16)17)10(14(2)13-8)12-7-5-4-6-11/h12H,3-7,11H2,1-2H3. The second-order valence-corrected chi connectivity index (χ2v) is 3.80. The van der Waals surface area contributed by atoms with Gasteiger partial charge in [0.15, 0.2) is 0 Å². The number of nitrogens with two attached hydrogens (primary N) is 1. The van der Waals surface area contributed by atoms with Crippen LogP contribution in [0.25, 0.3) is 0 Å². The van der Waals surface area contributed by atoms with Crippen LogP contribution in [0, 0.1) is 10.1 Å². The van der Waals surface area contributed by atoms with Crippen LogP contribution in [0.5, 0.6) is 0 Å². The van der Waals surface area contributed by atoms with E-state index in [2.05, 4.69) is 10.4 Å². The fourth-order valence-corrected chi connectivity index (χ4v) is 1.67. The SMILES string of the molecule is CCc1nn(C)c(NCCCCN)c1[N+](=O)[O-]. The quantitative estimate of drug-likeness (QED) is 0.422. The van der Waals surface area contributed by atoms with Gasteiger partial charge in [0.25, 0.3) is 0 Å². The van der Waals surface area contributed by atoms with Gasteiger partial charge in [-0.25, -0.2) is 4.68 Å². The maximum Gasteiger partial charge on any atom is 0.333 e. The molecule has 7 heteroatoms. The highest BCUT2D eigenvalue weighted by molar-refractivity contribution is 5.59. The van der Waals surface area contributed by atoms with Crippen molar-refractivity contribution in [3.05, 3.63) is 15.8 Å². The van der Waals surface area contributed by atoms with Crippen LogP contribution in [0.4, 0.5) is 11.5 Å². The molecule has 0 spiro atoms. The lowest BCUT2D eigenvalue weighted by atomic mass is 10.3. The number of anilines is 1. The molecule has 17 heavy (non-hydrogen) atoms. The van der Waals surface area contributed by atoms with Crippen molar-refractivity contribution in [2.75, 3.05) is 18.4 Å². The molecule has 0 atom stereocenters. The third-order valence-corrected chi connectivity index (χ3v) is 2.53. The van der Waals surface area contributed by atoms with E-state index in [9.17, 15) is 10.1 Å². The zero-order chi connectivity index (χ0) is 12.8. The number of nitrogens with zero attached hydrogens (tertiary/aromatic N) is 3. The van der Waals surface area contributed by atoms with Gasteiger partial charge in [-0.2, -0.15) is 5.10 Å². The lowest BCUT2D eigenvalue weighted by molar-refractivity contribution is -0.384. The van der Waals surface area contributed by atoms with Crippen LogP contribution >= 0.6 is 0 Å². The van der Waals surface area contributed by atoms with Gasteiger partial charge in [-0.1, -0.05) is 6.92 Å². The first-order chi connectivity index (χ1) is 8.11. The molecule has 7 nitrogen and oxygen atoms in total. The summed E-state index contributed by atoms with van der Waals surface area (Å²) in [5.74, 6) is 0.476. The average molecular weight is 241 g/mol. The van der Waals surface area contributed by atoms with Gasteiger partial charge < -0.3 is 11.1 Å². The topological polar surface area (TPSA) is 99.0 Å². The molecular formula is C10H19N5O2. The van der Waals surface area contributed by atoms with E-state index in [1.54, 1.807) is 7.05 Å². The Balaban J connectivity index is 2.82. The number of hydrogen-bond acceptors (Lipinski definition) is 5. The number of unbranched alkanes of at least 4 members (excludes halogenated alkanes) is 1. The predicted molar refractivity (Wildman–Crippen MR) is 66.0 cm³/mol. The van der Waals surface area contributed by atoms with Crippen molar-refractivity contribution in [1.29, 1.82) is 0 Å². The second kappa shape index (κ2) is 6.19. The molecule has 0 fully saturated rings. The molecule has 0 radical (unpaired) electrons. The highest BCUT2D eigenvalue weighted by Crippen LogP contribution is 2.28. The summed E-state index contributed by atoms with van der Waals surface area (Å²) in [4.78, 5) is 10.6. The summed E-state index contributed by atoms with van der Waals surface area (Å²) in [6.07, 6.45) is 2.34. The molecule has 1 aromatic rings. The third-order valence-electron chi connectivity index (χ3n) is 2.53. The van der Waals surface area contributed by atoms with Crippen LogP contribution in [-0.2, 0) is 13.5 Å². The molecule has 1 rings (SSSR count). The van der Waals surface area contributed by atoms with Gasteiger partial charge in [-0.15, -0.1) is 0 Å².